The van der Waals surface area contributed by atoms with Crippen LogP contribution in [-0.2, 0) is 5.54 Å². The Hall–Kier alpha value is -0.760. The van der Waals surface area contributed by atoms with Crippen LogP contribution in [0.5, 0.6) is 0 Å². The summed E-state index contributed by atoms with van der Waals surface area (Å²) in [5.74, 6) is 3.44. The molecule has 0 saturated heterocycles. The Morgan fingerprint density at radius 1 is 1.46 bits per heavy atom. The van der Waals surface area contributed by atoms with Crippen molar-refractivity contribution in [2.75, 3.05) is 0 Å². The van der Waals surface area contributed by atoms with Crippen molar-refractivity contribution in [2.45, 2.75) is 38.6 Å². The van der Waals surface area contributed by atoms with Gasteiger partial charge in [0.15, 0.2) is 0 Å². The lowest BCUT2D eigenvalue weighted by atomic mass is 10.0. The Labute approximate surface area is 79.1 Å². The van der Waals surface area contributed by atoms with Crippen LogP contribution in [0, 0.1) is 5.92 Å². The molecule has 1 aromatic heterocycles. The van der Waals surface area contributed by atoms with Crippen molar-refractivity contribution in [3.8, 4) is 0 Å². The first-order valence-corrected chi connectivity index (χ1v) is 4.87. The molecule has 0 amide bonds. The van der Waals surface area contributed by atoms with E-state index in [1.54, 1.807) is 0 Å². The van der Waals surface area contributed by atoms with Gasteiger partial charge in [-0.15, -0.1) is 0 Å². The fourth-order valence-electron chi connectivity index (χ4n) is 1.62. The van der Waals surface area contributed by atoms with E-state index in [0.29, 0.717) is 5.92 Å². The van der Waals surface area contributed by atoms with Crippen molar-refractivity contribution in [3.63, 3.8) is 0 Å². The smallest absolute Gasteiger partial charge is 0.123 e. The van der Waals surface area contributed by atoms with E-state index in [-0.39, 0.29) is 5.54 Å². The van der Waals surface area contributed by atoms with Gasteiger partial charge in [0.25, 0.3) is 0 Å². The molecule has 2 rings (SSSR count). The minimum absolute atomic E-state index is 0.351. The monoisotopic (exact) mass is 179 g/mol. The van der Waals surface area contributed by atoms with Crippen LogP contribution in [0.3, 0.4) is 0 Å². The summed E-state index contributed by atoms with van der Waals surface area (Å²) in [6.07, 6.45) is 1.26. The van der Waals surface area contributed by atoms with Gasteiger partial charge in [0.05, 0.1) is 5.54 Å². The van der Waals surface area contributed by atoms with Crippen molar-refractivity contribution in [3.05, 3.63) is 23.7 Å². The van der Waals surface area contributed by atoms with Gasteiger partial charge in [0, 0.05) is 5.92 Å². The molecule has 2 heteroatoms. The summed E-state index contributed by atoms with van der Waals surface area (Å²) in [6, 6.07) is 4.07. The summed E-state index contributed by atoms with van der Waals surface area (Å²) >= 11 is 0. The predicted octanol–water partition coefficient (Wildman–Crippen LogP) is 2.60. The molecule has 1 heterocycles. The zero-order chi connectivity index (χ0) is 9.64. The maximum absolute atomic E-state index is 5.93. The molecule has 0 radical (unpaired) electrons. The van der Waals surface area contributed by atoms with E-state index in [2.05, 4.69) is 13.0 Å². The minimum Gasteiger partial charge on any atom is -0.464 e. The second-order valence-corrected chi connectivity index (χ2v) is 4.74. The summed E-state index contributed by atoms with van der Waals surface area (Å²) < 4.78 is 5.72. The highest BCUT2D eigenvalue weighted by Crippen LogP contribution is 2.47. The van der Waals surface area contributed by atoms with Crippen LogP contribution in [0.2, 0.25) is 0 Å². The first kappa shape index (κ1) is 8.82. The number of hydrogen-bond donors (Lipinski definition) is 1. The molecule has 1 fully saturated rings. The number of rotatable bonds is 2. The average Bonchev–Trinajstić information content (AvgIpc) is 2.57. The molecule has 1 aromatic rings. The van der Waals surface area contributed by atoms with E-state index in [1.165, 1.54) is 6.42 Å². The summed E-state index contributed by atoms with van der Waals surface area (Å²) in [5.41, 5.74) is 5.58. The molecule has 0 aliphatic heterocycles. The van der Waals surface area contributed by atoms with Crippen LogP contribution < -0.4 is 5.73 Å². The Morgan fingerprint density at radius 3 is 2.46 bits per heavy atom. The molecule has 13 heavy (non-hydrogen) atoms. The van der Waals surface area contributed by atoms with Gasteiger partial charge >= 0.3 is 0 Å². The topological polar surface area (TPSA) is 39.2 Å². The van der Waals surface area contributed by atoms with Crippen molar-refractivity contribution >= 4 is 0 Å². The summed E-state index contributed by atoms with van der Waals surface area (Å²) in [7, 11) is 0. The molecule has 2 N–H and O–H groups in total. The zero-order valence-electron chi connectivity index (χ0n) is 8.50. The van der Waals surface area contributed by atoms with Crippen LogP contribution >= 0.6 is 0 Å². The fraction of sp³-hybridized carbons (Fsp3) is 0.636. The molecule has 2 nitrogen and oxygen atoms in total. The van der Waals surface area contributed by atoms with Gasteiger partial charge in [-0.1, -0.05) is 6.92 Å². The van der Waals surface area contributed by atoms with E-state index in [9.17, 15) is 0 Å². The van der Waals surface area contributed by atoms with Crippen molar-refractivity contribution in [1.82, 2.24) is 0 Å². The minimum atomic E-state index is -0.351. The second-order valence-electron chi connectivity index (χ2n) is 4.74. The van der Waals surface area contributed by atoms with Gasteiger partial charge in [-0.3, -0.25) is 0 Å². The quantitative estimate of drug-likeness (QED) is 0.758. The largest absolute Gasteiger partial charge is 0.464 e. The highest BCUT2D eigenvalue weighted by atomic mass is 16.3. The summed E-state index contributed by atoms with van der Waals surface area (Å²) in [4.78, 5) is 0. The van der Waals surface area contributed by atoms with Crippen molar-refractivity contribution < 1.29 is 4.42 Å². The molecule has 0 aromatic carbocycles. The molecule has 1 saturated carbocycles. The molecule has 72 valence electrons. The Morgan fingerprint density at radius 2 is 2.08 bits per heavy atom. The molecular weight excluding hydrogens is 162 g/mol. The average molecular weight is 179 g/mol. The Balaban J connectivity index is 2.19. The molecule has 2 atom stereocenters. The van der Waals surface area contributed by atoms with E-state index >= 15 is 0 Å². The van der Waals surface area contributed by atoms with E-state index in [0.717, 1.165) is 17.4 Å². The van der Waals surface area contributed by atoms with Crippen LogP contribution in [0.1, 0.15) is 44.6 Å². The fourth-order valence-corrected chi connectivity index (χ4v) is 1.62. The zero-order valence-corrected chi connectivity index (χ0v) is 8.50. The molecule has 1 aliphatic rings. The first-order valence-electron chi connectivity index (χ1n) is 4.87. The number of hydrogen-bond acceptors (Lipinski definition) is 2. The van der Waals surface area contributed by atoms with E-state index < -0.39 is 0 Å². The standard InChI is InChI=1S/C11H17NO/c1-7-6-8(7)9-4-5-10(13-9)11(2,3)12/h4-5,7-8H,6,12H2,1-3H3. The lowest BCUT2D eigenvalue weighted by molar-refractivity contribution is 0.373. The van der Waals surface area contributed by atoms with Crippen LogP contribution in [0.25, 0.3) is 0 Å². The van der Waals surface area contributed by atoms with Gasteiger partial charge in [-0.2, -0.15) is 0 Å². The summed E-state index contributed by atoms with van der Waals surface area (Å²) in [5, 5.41) is 0. The van der Waals surface area contributed by atoms with Crippen LogP contribution in [0.4, 0.5) is 0 Å². The van der Waals surface area contributed by atoms with Gasteiger partial charge in [0.2, 0.25) is 0 Å². The third-order valence-corrected chi connectivity index (χ3v) is 2.74. The molecule has 0 bridgehead atoms. The van der Waals surface area contributed by atoms with Gasteiger partial charge in [-0.25, -0.2) is 0 Å². The second kappa shape index (κ2) is 2.61. The van der Waals surface area contributed by atoms with Crippen LogP contribution in [0.15, 0.2) is 16.5 Å². The third kappa shape index (κ3) is 1.63. The van der Waals surface area contributed by atoms with Crippen LogP contribution in [-0.4, -0.2) is 0 Å². The molecule has 1 aliphatic carbocycles. The van der Waals surface area contributed by atoms with Crippen molar-refractivity contribution in [2.24, 2.45) is 11.7 Å². The van der Waals surface area contributed by atoms with E-state index in [4.69, 9.17) is 10.2 Å². The number of nitrogens with two attached hydrogens (primary N) is 1. The highest BCUT2D eigenvalue weighted by molar-refractivity contribution is 5.20. The Bertz CT molecular complexity index is 308. The molecular formula is C11H17NO. The number of furan rings is 1. The Kier molecular flexibility index (Phi) is 1.77. The summed E-state index contributed by atoms with van der Waals surface area (Å²) in [6.45, 7) is 6.18. The SMILES string of the molecule is CC1CC1c1ccc(C(C)(C)N)o1. The molecule has 0 spiro atoms. The maximum Gasteiger partial charge on any atom is 0.123 e. The predicted molar refractivity (Wildman–Crippen MR) is 52.4 cm³/mol. The van der Waals surface area contributed by atoms with Gasteiger partial charge in [0.1, 0.15) is 11.5 Å². The lowest BCUT2D eigenvalue weighted by Gasteiger charge is -2.14. The normalized spacial score (nSPS) is 27.7. The third-order valence-electron chi connectivity index (χ3n) is 2.74. The van der Waals surface area contributed by atoms with Crippen molar-refractivity contribution in [1.29, 1.82) is 0 Å². The van der Waals surface area contributed by atoms with E-state index in [1.807, 2.05) is 19.9 Å². The molecule has 2 unspecified atom stereocenters. The maximum atomic E-state index is 5.93. The highest BCUT2D eigenvalue weighted by Gasteiger charge is 2.37. The van der Waals surface area contributed by atoms with Gasteiger partial charge < -0.3 is 10.2 Å². The lowest BCUT2D eigenvalue weighted by Crippen LogP contribution is -2.27. The first-order chi connectivity index (χ1) is 5.98. The van der Waals surface area contributed by atoms with Gasteiger partial charge in [-0.05, 0) is 38.3 Å².